The van der Waals surface area contributed by atoms with E-state index in [9.17, 15) is 4.79 Å². The van der Waals surface area contributed by atoms with Gasteiger partial charge in [-0.2, -0.15) is 0 Å². The highest BCUT2D eigenvalue weighted by atomic mass is 16.8. The highest BCUT2D eigenvalue weighted by Gasteiger charge is 2.51. The second-order valence-electron chi connectivity index (χ2n) is 5.46. The summed E-state index contributed by atoms with van der Waals surface area (Å²) in [6.07, 6.45) is -0.00959. The fraction of sp³-hybridized carbons (Fsp3) is 0.917. The molecule has 0 spiro atoms. The number of amides is 1. The van der Waals surface area contributed by atoms with Crippen molar-refractivity contribution in [1.82, 2.24) is 5.32 Å². The minimum atomic E-state index is -0.786. The minimum absolute atomic E-state index is 0.108. The highest BCUT2D eigenvalue weighted by molar-refractivity contribution is 5.70. The zero-order valence-corrected chi connectivity index (χ0v) is 11.9. The fourth-order valence-electron chi connectivity index (χ4n) is 2.72. The SMILES string of the molecule is CCC[C@H]1NC(=O)O[C@@H]1[C@H]1OC(C)(C)O[C@H]1CN=[N+]=[N-]. The molecule has 0 aliphatic carbocycles. The fourth-order valence-corrected chi connectivity index (χ4v) is 2.72. The summed E-state index contributed by atoms with van der Waals surface area (Å²) >= 11 is 0. The zero-order chi connectivity index (χ0) is 14.8. The van der Waals surface area contributed by atoms with Crippen LogP contribution in [-0.4, -0.2) is 42.8 Å². The van der Waals surface area contributed by atoms with E-state index in [1.54, 1.807) is 13.8 Å². The van der Waals surface area contributed by atoms with Crippen LogP contribution in [0, 0.1) is 0 Å². The van der Waals surface area contributed by atoms with E-state index in [1.165, 1.54) is 0 Å². The molecular weight excluding hydrogens is 264 g/mol. The van der Waals surface area contributed by atoms with E-state index in [0.717, 1.165) is 12.8 Å². The number of nitrogens with one attached hydrogen (secondary N) is 1. The van der Waals surface area contributed by atoms with Gasteiger partial charge in [0.2, 0.25) is 0 Å². The Labute approximate surface area is 117 Å². The van der Waals surface area contributed by atoms with Crippen molar-refractivity contribution < 1.29 is 19.0 Å². The molecule has 8 heteroatoms. The third kappa shape index (κ3) is 3.15. The van der Waals surface area contributed by atoms with Crippen molar-refractivity contribution >= 4 is 6.09 Å². The largest absolute Gasteiger partial charge is 0.441 e. The van der Waals surface area contributed by atoms with Crippen molar-refractivity contribution in [3.05, 3.63) is 10.4 Å². The normalized spacial score (nSPS) is 35.2. The van der Waals surface area contributed by atoms with Gasteiger partial charge in [-0.05, 0) is 25.8 Å². The topological polar surface area (TPSA) is 106 Å². The molecule has 2 rings (SSSR count). The van der Waals surface area contributed by atoms with E-state index >= 15 is 0 Å². The van der Waals surface area contributed by atoms with Gasteiger partial charge in [0.05, 0.1) is 18.7 Å². The van der Waals surface area contributed by atoms with E-state index in [1.807, 2.05) is 6.92 Å². The highest BCUT2D eigenvalue weighted by Crippen LogP contribution is 2.34. The Morgan fingerprint density at radius 1 is 1.40 bits per heavy atom. The molecule has 112 valence electrons. The molecule has 2 aliphatic heterocycles. The summed E-state index contributed by atoms with van der Waals surface area (Å²) in [5, 5.41) is 6.33. The summed E-state index contributed by atoms with van der Waals surface area (Å²) in [5.74, 6) is -0.786. The molecule has 0 aromatic carbocycles. The number of alkyl carbamates (subject to hydrolysis) is 1. The van der Waals surface area contributed by atoms with Gasteiger partial charge < -0.3 is 19.5 Å². The average Bonchev–Trinajstić information content (AvgIpc) is 2.87. The van der Waals surface area contributed by atoms with Gasteiger partial charge in [0, 0.05) is 4.91 Å². The Balaban J connectivity index is 2.14. The zero-order valence-electron chi connectivity index (χ0n) is 11.9. The monoisotopic (exact) mass is 284 g/mol. The number of hydrogen-bond acceptors (Lipinski definition) is 5. The average molecular weight is 284 g/mol. The predicted octanol–water partition coefficient (Wildman–Crippen LogP) is 2.09. The van der Waals surface area contributed by atoms with E-state index in [-0.39, 0.29) is 12.6 Å². The van der Waals surface area contributed by atoms with E-state index in [4.69, 9.17) is 19.7 Å². The van der Waals surface area contributed by atoms with Crippen LogP contribution in [0.2, 0.25) is 0 Å². The lowest BCUT2D eigenvalue weighted by Gasteiger charge is -2.25. The maximum absolute atomic E-state index is 11.5. The van der Waals surface area contributed by atoms with Gasteiger partial charge in [-0.25, -0.2) is 4.79 Å². The maximum atomic E-state index is 11.5. The second-order valence-corrected chi connectivity index (χ2v) is 5.46. The first-order chi connectivity index (χ1) is 9.46. The molecule has 1 N–H and O–H groups in total. The molecule has 0 radical (unpaired) electrons. The van der Waals surface area contributed by atoms with Crippen LogP contribution in [0.15, 0.2) is 5.11 Å². The van der Waals surface area contributed by atoms with Crippen LogP contribution < -0.4 is 5.32 Å². The summed E-state index contributed by atoms with van der Waals surface area (Å²) in [6, 6.07) is -0.108. The first-order valence-corrected chi connectivity index (χ1v) is 6.80. The number of rotatable bonds is 5. The molecule has 0 saturated carbocycles. The van der Waals surface area contributed by atoms with Gasteiger partial charge >= 0.3 is 6.09 Å². The van der Waals surface area contributed by atoms with Crippen LogP contribution in [0.25, 0.3) is 10.4 Å². The Bertz CT molecular complexity index is 422. The second kappa shape index (κ2) is 5.87. The predicted molar refractivity (Wildman–Crippen MR) is 69.9 cm³/mol. The van der Waals surface area contributed by atoms with Crippen LogP contribution in [0.1, 0.15) is 33.6 Å². The van der Waals surface area contributed by atoms with Crippen molar-refractivity contribution in [2.24, 2.45) is 5.11 Å². The van der Waals surface area contributed by atoms with Crippen LogP contribution in [0.3, 0.4) is 0 Å². The lowest BCUT2D eigenvalue weighted by atomic mass is 9.98. The number of ether oxygens (including phenoxy) is 3. The molecule has 4 atom stereocenters. The van der Waals surface area contributed by atoms with Gasteiger partial charge in [-0.1, -0.05) is 18.5 Å². The van der Waals surface area contributed by atoms with Gasteiger partial charge in [-0.3, -0.25) is 0 Å². The lowest BCUT2D eigenvalue weighted by molar-refractivity contribution is -0.154. The van der Waals surface area contributed by atoms with E-state index in [0.29, 0.717) is 0 Å². The number of cyclic esters (lactones) is 1. The Hall–Kier alpha value is -1.50. The standard InChI is InChI=1S/C12H20N4O4/c1-4-5-7-9(18-11(17)15-7)10-8(6-14-16-13)19-12(2,3)20-10/h7-10H,4-6H2,1-3H3,(H,15,17)/t7-,8+,9+,10+/m1/s1. The first kappa shape index (κ1) is 14.9. The molecule has 2 fully saturated rings. The summed E-state index contributed by atoms with van der Waals surface area (Å²) < 4.78 is 16.9. The molecule has 2 heterocycles. The molecule has 0 aromatic heterocycles. The first-order valence-electron chi connectivity index (χ1n) is 6.80. The smallest absolute Gasteiger partial charge is 0.407 e. The third-order valence-corrected chi connectivity index (χ3v) is 3.41. The molecule has 1 amide bonds. The molecule has 0 bridgehead atoms. The Morgan fingerprint density at radius 3 is 2.80 bits per heavy atom. The van der Waals surface area contributed by atoms with Crippen LogP contribution >= 0.6 is 0 Å². The lowest BCUT2D eigenvalue weighted by Crippen LogP contribution is -2.45. The number of carbonyl (C=O) groups excluding carboxylic acids is 1. The Kier molecular flexibility index (Phi) is 4.37. The molecule has 0 aromatic rings. The van der Waals surface area contributed by atoms with Gasteiger partial charge in [0.25, 0.3) is 0 Å². The van der Waals surface area contributed by atoms with Gasteiger partial charge in [-0.15, -0.1) is 0 Å². The van der Waals surface area contributed by atoms with Crippen LogP contribution in [-0.2, 0) is 14.2 Å². The molecule has 20 heavy (non-hydrogen) atoms. The number of hydrogen-bond donors (Lipinski definition) is 1. The summed E-state index contributed by atoms with van der Waals surface area (Å²) in [5.41, 5.74) is 8.45. The van der Waals surface area contributed by atoms with Gasteiger partial charge in [0.1, 0.15) is 6.10 Å². The molecular formula is C12H20N4O4. The number of nitrogens with zero attached hydrogens (tertiary/aromatic N) is 3. The molecule has 2 aliphatic rings. The van der Waals surface area contributed by atoms with Crippen LogP contribution in [0.5, 0.6) is 0 Å². The van der Waals surface area contributed by atoms with Gasteiger partial charge in [0.15, 0.2) is 11.9 Å². The molecule has 0 unspecified atom stereocenters. The maximum Gasteiger partial charge on any atom is 0.407 e. The van der Waals surface area contributed by atoms with E-state index < -0.39 is 30.2 Å². The number of carbonyl (C=O) groups is 1. The van der Waals surface area contributed by atoms with Crippen molar-refractivity contribution in [3.63, 3.8) is 0 Å². The minimum Gasteiger partial charge on any atom is -0.441 e. The third-order valence-electron chi connectivity index (χ3n) is 3.41. The van der Waals surface area contributed by atoms with Crippen molar-refractivity contribution in [3.8, 4) is 0 Å². The Morgan fingerprint density at radius 2 is 2.15 bits per heavy atom. The number of azide groups is 1. The van der Waals surface area contributed by atoms with E-state index in [2.05, 4.69) is 15.3 Å². The summed E-state index contributed by atoms with van der Waals surface area (Å²) in [4.78, 5) is 14.2. The molecule has 8 nitrogen and oxygen atoms in total. The van der Waals surface area contributed by atoms with Crippen molar-refractivity contribution in [1.29, 1.82) is 0 Å². The van der Waals surface area contributed by atoms with Crippen molar-refractivity contribution in [2.75, 3.05) is 6.54 Å². The van der Waals surface area contributed by atoms with Crippen LogP contribution in [0.4, 0.5) is 4.79 Å². The summed E-state index contributed by atoms with van der Waals surface area (Å²) in [7, 11) is 0. The molecule has 2 saturated heterocycles. The quantitative estimate of drug-likeness (QED) is 0.474. The summed E-state index contributed by atoms with van der Waals surface area (Å²) in [6.45, 7) is 5.76. The van der Waals surface area contributed by atoms with Crippen molar-refractivity contribution in [2.45, 2.75) is 63.8 Å².